The number of anilines is 1. The third kappa shape index (κ3) is 5.53. The maximum absolute atomic E-state index is 12.6. The van der Waals surface area contributed by atoms with Crippen LogP contribution in [-0.2, 0) is 22.4 Å². The van der Waals surface area contributed by atoms with E-state index in [-0.39, 0.29) is 11.9 Å². The predicted molar refractivity (Wildman–Crippen MR) is 129 cm³/mol. The lowest BCUT2D eigenvalue weighted by molar-refractivity contribution is -0.115. The Labute approximate surface area is 193 Å². The minimum absolute atomic E-state index is 0.00771. The van der Waals surface area contributed by atoms with E-state index in [1.807, 2.05) is 17.8 Å². The van der Waals surface area contributed by atoms with Gasteiger partial charge in [0.1, 0.15) is 5.00 Å². The molecule has 1 aromatic heterocycles. The van der Waals surface area contributed by atoms with Crippen LogP contribution in [0.1, 0.15) is 77.2 Å². The molecule has 4 nitrogen and oxygen atoms in total. The van der Waals surface area contributed by atoms with Gasteiger partial charge >= 0.3 is 5.97 Å². The summed E-state index contributed by atoms with van der Waals surface area (Å²) in [7, 11) is 1.41. The fraction of sp³-hybridized carbons (Fsp3) is 0.520. The van der Waals surface area contributed by atoms with Gasteiger partial charge in [-0.3, -0.25) is 4.79 Å². The largest absolute Gasteiger partial charge is 0.465 e. The van der Waals surface area contributed by atoms with Crippen LogP contribution in [0.2, 0.25) is 0 Å². The van der Waals surface area contributed by atoms with Crippen molar-refractivity contribution in [1.82, 2.24) is 0 Å². The van der Waals surface area contributed by atoms with Gasteiger partial charge < -0.3 is 10.1 Å². The van der Waals surface area contributed by atoms with Crippen LogP contribution in [0.15, 0.2) is 30.3 Å². The smallest absolute Gasteiger partial charge is 0.341 e. The molecule has 1 saturated carbocycles. The molecule has 1 amide bonds. The third-order valence-corrected chi connectivity index (χ3v) is 8.97. The first-order chi connectivity index (χ1) is 15.2. The highest BCUT2D eigenvalue weighted by molar-refractivity contribution is 7.99. The van der Waals surface area contributed by atoms with Crippen LogP contribution in [0.5, 0.6) is 0 Å². The number of hydrogen-bond acceptors (Lipinski definition) is 5. The average molecular weight is 458 g/mol. The molecule has 1 atom stereocenters. The second-order valence-electron chi connectivity index (χ2n) is 8.48. The van der Waals surface area contributed by atoms with Gasteiger partial charge in [0.25, 0.3) is 0 Å². The monoisotopic (exact) mass is 457 g/mol. The number of rotatable bonds is 7. The Morgan fingerprint density at radius 2 is 1.90 bits per heavy atom. The average Bonchev–Trinajstić information content (AvgIpc) is 3.16. The van der Waals surface area contributed by atoms with E-state index in [1.54, 1.807) is 11.3 Å². The van der Waals surface area contributed by atoms with Crippen molar-refractivity contribution < 1.29 is 14.3 Å². The van der Waals surface area contributed by atoms with Gasteiger partial charge in [-0.1, -0.05) is 49.6 Å². The Bertz CT molecular complexity index is 903. The number of carbonyl (C=O) groups excluding carboxylic acids is 2. The quantitative estimate of drug-likeness (QED) is 0.503. The molecule has 4 rings (SSSR count). The molecule has 0 spiro atoms. The second-order valence-corrected chi connectivity index (χ2v) is 11.0. The van der Waals surface area contributed by atoms with E-state index in [0.717, 1.165) is 30.6 Å². The summed E-state index contributed by atoms with van der Waals surface area (Å²) in [6, 6.07) is 10.6. The van der Waals surface area contributed by atoms with Gasteiger partial charge in [-0.15, -0.1) is 11.3 Å². The number of carbonyl (C=O) groups is 2. The number of nitrogens with one attached hydrogen (secondary N) is 1. The fourth-order valence-corrected chi connectivity index (χ4v) is 7.38. The number of esters is 1. The molecule has 1 fully saturated rings. The zero-order valence-electron chi connectivity index (χ0n) is 18.2. The second kappa shape index (κ2) is 10.7. The van der Waals surface area contributed by atoms with Crippen molar-refractivity contribution in [2.45, 2.75) is 69.0 Å². The fourth-order valence-electron chi connectivity index (χ4n) is 4.74. The Morgan fingerprint density at radius 1 is 1.13 bits per heavy atom. The first-order valence-corrected chi connectivity index (χ1v) is 13.2. The van der Waals surface area contributed by atoms with Crippen LogP contribution >= 0.6 is 23.1 Å². The van der Waals surface area contributed by atoms with Crippen LogP contribution in [-0.4, -0.2) is 30.0 Å². The van der Waals surface area contributed by atoms with Crippen molar-refractivity contribution in [3.8, 4) is 0 Å². The number of hydrogen-bond donors (Lipinski definition) is 1. The molecule has 2 aliphatic carbocycles. The van der Waals surface area contributed by atoms with Gasteiger partial charge in [-0.05, 0) is 49.1 Å². The van der Waals surface area contributed by atoms with Crippen molar-refractivity contribution in [3.63, 3.8) is 0 Å². The predicted octanol–water partition coefficient (Wildman–Crippen LogP) is 6.20. The number of ether oxygens (including phenoxy) is 1. The summed E-state index contributed by atoms with van der Waals surface area (Å²) in [5.41, 5.74) is 2.98. The van der Waals surface area contributed by atoms with Crippen LogP contribution in [0.25, 0.3) is 0 Å². The van der Waals surface area contributed by atoms with E-state index in [4.69, 9.17) is 4.74 Å². The number of benzene rings is 1. The molecule has 0 aliphatic heterocycles. The summed E-state index contributed by atoms with van der Waals surface area (Å²) in [6.45, 7) is 0. The summed E-state index contributed by atoms with van der Waals surface area (Å²) in [5, 5.41) is 4.41. The Kier molecular flexibility index (Phi) is 7.72. The molecule has 1 aromatic carbocycles. The van der Waals surface area contributed by atoms with Crippen LogP contribution in [0, 0.1) is 0 Å². The van der Waals surface area contributed by atoms with Gasteiger partial charge in [-0.25, -0.2) is 4.79 Å². The van der Waals surface area contributed by atoms with Crippen molar-refractivity contribution in [1.29, 1.82) is 0 Å². The van der Waals surface area contributed by atoms with Crippen molar-refractivity contribution in [2.75, 3.05) is 18.2 Å². The summed E-state index contributed by atoms with van der Waals surface area (Å²) in [5.74, 6) is 0.938. The molecule has 0 radical (unpaired) electrons. The number of thioether (sulfide) groups is 1. The maximum Gasteiger partial charge on any atom is 0.341 e. The van der Waals surface area contributed by atoms with Crippen molar-refractivity contribution in [3.05, 3.63) is 51.9 Å². The summed E-state index contributed by atoms with van der Waals surface area (Å²) >= 11 is 3.48. The van der Waals surface area contributed by atoms with E-state index in [0.29, 0.717) is 28.2 Å². The zero-order chi connectivity index (χ0) is 21.6. The van der Waals surface area contributed by atoms with E-state index >= 15 is 0 Å². The molecule has 0 saturated heterocycles. The normalized spacial score (nSPS) is 18.9. The van der Waals surface area contributed by atoms with Gasteiger partial charge in [0.2, 0.25) is 5.91 Å². The third-order valence-electron chi connectivity index (χ3n) is 6.41. The molecule has 31 heavy (non-hydrogen) atoms. The Hall–Kier alpha value is -1.79. The number of amides is 1. The lowest BCUT2D eigenvalue weighted by atomic mass is 9.83. The zero-order valence-corrected chi connectivity index (χ0v) is 19.8. The lowest BCUT2D eigenvalue weighted by Gasteiger charge is -2.22. The van der Waals surface area contributed by atoms with E-state index in [9.17, 15) is 9.59 Å². The molecule has 0 bridgehead atoms. The molecule has 1 heterocycles. The summed E-state index contributed by atoms with van der Waals surface area (Å²) in [4.78, 5) is 26.4. The summed E-state index contributed by atoms with van der Waals surface area (Å²) < 4.78 is 5.07. The Balaban J connectivity index is 1.43. The van der Waals surface area contributed by atoms with Gasteiger partial charge in [-0.2, -0.15) is 11.8 Å². The van der Waals surface area contributed by atoms with Gasteiger partial charge in [0, 0.05) is 22.3 Å². The summed E-state index contributed by atoms with van der Waals surface area (Å²) in [6.07, 6.45) is 9.76. The van der Waals surface area contributed by atoms with Gasteiger partial charge in [0.15, 0.2) is 0 Å². The number of methoxy groups -OCH3 is 1. The van der Waals surface area contributed by atoms with Crippen LogP contribution in [0.3, 0.4) is 0 Å². The SMILES string of the molecule is COC(=O)c1c(NC(=O)CCSC2CCCCC2)sc2c1CCC(c1ccccc1)C2. The topological polar surface area (TPSA) is 55.4 Å². The minimum atomic E-state index is -0.345. The molecule has 1 unspecified atom stereocenters. The molecular weight excluding hydrogens is 426 g/mol. The number of fused-ring (bicyclic) bond motifs is 1. The number of thiophene rings is 1. The molecule has 2 aromatic rings. The van der Waals surface area contributed by atoms with Gasteiger partial charge in [0.05, 0.1) is 12.7 Å². The first kappa shape index (κ1) is 22.4. The standard InChI is InChI=1S/C25H31NO3S2/c1-29-25(28)23-20-13-12-18(17-8-4-2-5-9-17)16-21(20)31-24(23)26-22(27)14-15-30-19-10-6-3-7-11-19/h2,4-5,8-9,18-19H,3,6-7,10-16H2,1H3,(H,26,27). The highest BCUT2D eigenvalue weighted by Crippen LogP contribution is 2.42. The van der Waals surface area contributed by atoms with E-state index in [2.05, 4.69) is 29.6 Å². The first-order valence-electron chi connectivity index (χ1n) is 11.3. The molecule has 2 aliphatic rings. The molecule has 1 N–H and O–H groups in total. The van der Waals surface area contributed by atoms with Crippen molar-refractivity contribution in [2.24, 2.45) is 0 Å². The van der Waals surface area contributed by atoms with Crippen LogP contribution in [0.4, 0.5) is 5.00 Å². The Morgan fingerprint density at radius 3 is 2.65 bits per heavy atom. The molecule has 166 valence electrons. The highest BCUT2D eigenvalue weighted by atomic mass is 32.2. The van der Waals surface area contributed by atoms with E-state index in [1.165, 1.54) is 49.7 Å². The maximum atomic E-state index is 12.6. The minimum Gasteiger partial charge on any atom is -0.465 e. The lowest BCUT2D eigenvalue weighted by Crippen LogP contribution is -2.17. The van der Waals surface area contributed by atoms with E-state index < -0.39 is 0 Å². The molecule has 6 heteroatoms. The van der Waals surface area contributed by atoms with Crippen molar-refractivity contribution >= 4 is 40.0 Å². The van der Waals surface area contributed by atoms with Crippen LogP contribution < -0.4 is 5.32 Å². The molecular formula is C25H31NO3S2. The highest BCUT2D eigenvalue weighted by Gasteiger charge is 2.30.